The Bertz CT molecular complexity index is 236. The van der Waals surface area contributed by atoms with Crippen molar-refractivity contribution in [2.24, 2.45) is 17.3 Å². The van der Waals surface area contributed by atoms with Gasteiger partial charge in [0.05, 0.1) is 0 Å². The molecule has 2 rings (SSSR count). The Hall–Kier alpha value is -0.120. The van der Waals surface area contributed by atoms with Crippen LogP contribution in [0.25, 0.3) is 0 Å². The molecule has 3 heteroatoms. The second kappa shape index (κ2) is 5.68. The fourth-order valence-corrected chi connectivity index (χ4v) is 3.42. The topological polar surface area (TPSA) is 43.7 Å². The molecule has 1 unspecified atom stereocenters. The second-order valence-electron chi connectivity index (χ2n) is 6.41. The van der Waals surface area contributed by atoms with Gasteiger partial charge in [0.2, 0.25) is 0 Å². The smallest absolute Gasteiger partial charge is 0.0499 e. The van der Waals surface area contributed by atoms with Crippen LogP contribution in [0.2, 0.25) is 0 Å². The van der Waals surface area contributed by atoms with Gasteiger partial charge >= 0.3 is 0 Å². The van der Waals surface area contributed by atoms with E-state index in [0.29, 0.717) is 19.1 Å². The van der Waals surface area contributed by atoms with Crippen molar-refractivity contribution in [1.29, 1.82) is 0 Å². The lowest BCUT2D eigenvalue weighted by atomic mass is 9.71. The van der Waals surface area contributed by atoms with Crippen LogP contribution in [0.5, 0.6) is 0 Å². The van der Waals surface area contributed by atoms with Crippen LogP contribution in [-0.4, -0.2) is 48.0 Å². The molecular weight excluding hydrogens is 214 g/mol. The molecule has 2 aliphatic rings. The highest BCUT2D eigenvalue weighted by Gasteiger charge is 2.36. The number of rotatable bonds is 4. The first-order chi connectivity index (χ1) is 8.17. The van der Waals surface area contributed by atoms with Gasteiger partial charge in [-0.2, -0.15) is 0 Å². The lowest BCUT2D eigenvalue weighted by Crippen LogP contribution is -2.41. The van der Waals surface area contributed by atoms with Crippen molar-refractivity contribution in [3.8, 4) is 0 Å². The van der Waals surface area contributed by atoms with Crippen molar-refractivity contribution in [2.75, 3.05) is 32.8 Å². The van der Waals surface area contributed by atoms with Crippen LogP contribution in [0.15, 0.2) is 0 Å². The first kappa shape index (κ1) is 13.3. The maximum atomic E-state index is 9.74. The summed E-state index contributed by atoms with van der Waals surface area (Å²) in [5.41, 5.74) is 0.150. The number of hydrogen-bond acceptors (Lipinski definition) is 3. The summed E-state index contributed by atoms with van der Waals surface area (Å²) in [6.45, 7) is 6.13. The summed E-state index contributed by atoms with van der Waals surface area (Å²) in [6, 6.07) is 0. The second-order valence-corrected chi connectivity index (χ2v) is 6.41. The first-order valence-electron chi connectivity index (χ1n) is 7.11. The Kier molecular flexibility index (Phi) is 4.45. The zero-order valence-electron chi connectivity index (χ0n) is 11.1. The summed E-state index contributed by atoms with van der Waals surface area (Å²) in [5.74, 6) is 1.30. The van der Waals surface area contributed by atoms with Crippen molar-refractivity contribution in [1.82, 2.24) is 4.90 Å². The first-order valence-corrected chi connectivity index (χ1v) is 7.11. The van der Waals surface area contributed by atoms with Gasteiger partial charge in [-0.1, -0.05) is 19.8 Å². The number of aliphatic hydroxyl groups excluding tert-OH is 2. The molecule has 0 aromatic heterocycles. The Morgan fingerprint density at radius 2 is 1.88 bits per heavy atom. The molecule has 1 saturated carbocycles. The highest BCUT2D eigenvalue weighted by Crippen LogP contribution is 2.39. The van der Waals surface area contributed by atoms with Gasteiger partial charge in [0.1, 0.15) is 0 Å². The van der Waals surface area contributed by atoms with Crippen LogP contribution in [0, 0.1) is 17.3 Å². The predicted molar refractivity (Wildman–Crippen MR) is 68.8 cm³/mol. The molecule has 1 heterocycles. The number of nitrogens with zero attached hydrogens (tertiary/aromatic N) is 1. The van der Waals surface area contributed by atoms with Crippen molar-refractivity contribution >= 4 is 0 Å². The maximum Gasteiger partial charge on any atom is 0.0499 e. The lowest BCUT2D eigenvalue weighted by molar-refractivity contribution is 0.0342. The van der Waals surface area contributed by atoms with Gasteiger partial charge in [-0.05, 0) is 37.6 Å². The summed E-state index contributed by atoms with van der Waals surface area (Å²) in [5, 5.41) is 18.9. The van der Waals surface area contributed by atoms with Crippen LogP contribution in [0.3, 0.4) is 0 Å². The summed E-state index contributed by atoms with van der Waals surface area (Å²) < 4.78 is 0. The van der Waals surface area contributed by atoms with Crippen LogP contribution in [0.1, 0.15) is 39.0 Å². The standard InChI is InChI=1S/C14H27NO2/c1-12-2-5-14(11-17,6-3-12)10-15-7-4-13(8-15)9-16/h12-13,16-17H,2-11H2,1H3. The van der Waals surface area contributed by atoms with Crippen LogP contribution in [0.4, 0.5) is 0 Å². The normalized spacial score (nSPS) is 39.7. The molecular formula is C14H27NO2. The molecule has 0 aromatic rings. The molecule has 0 bridgehead atoms. The molecule has 2 N–H and O–H groups in total. The van der Waals surface area contributed by atoms with E-state index in [-0.39, 0.29) is 5.41 Å². The maximum absolute atomic E-state index is 9.74. The number of aliphatic hydroxyl groups is 2. The zero-order chi connectivity index (χ0) is 12.3. The molecule has 3 nitrogen and oxygen atoms in total. The minimum absolute atomic E-state index is 0.150. The minimum atomic E-state index is 0.150. The van der Waals surface area contributed by atoms with E-state index < -0.39 is 0 Å². The van der Waals surface area contributed by atoms with E-state index in [1.165, 1.54) is 25.7 Å². The Balaban J connectivity index is 1.87. The van der Waals surface area contributed by atoms with E-state index in [4.69, 9.17) is 5.11 Å². The summed E-state index contributed by atoms with van der Waals surface area (Å²) >= 11 is 0. The zero-order valence-corrected chi connectivity index (χ0v) is 11.1. The van der Waals surface area contributed by atoms with Crippen molar-refractivity contribution in [3.63, 3.8) is 0 Å². The van der Waals surface area contributed by atoms with Gasteiger partial charge in [-0.3, -0.25) is 0 Å². The van der Waals surface area contributed by atoms with Gasteiger partial charge in [0.25, 0.3) is 0 Å². The molecule has 100 valence electrons. The lowest BCUT2D eigenvalue weighted by Gasteiger charge is -2.40. The molecule has 0 spiro atoms. The third kappa shape index (κ3) is 3.21. The fourth-order valence-electron chi connectivity index (χ4n) is 3.42. The Labute approximate surface area is 105 Å². The van der Waals surface area contributed by atoms with E-state index in [2.05, 4.69) is 11.8 Å². The average molecular weight is 241 g/mol. The van der Waals surface area contributed by atoms with Gasteiger partial charge in [0, 0.05) is 31.7 Å². The average Bonchev–Trinajstić information content (AvgIpc) is 2.80. The molecule has 1 aliphatic carbocycles. The fraction of sp³-hybridized carbons (Fsp3) is 1.00. The molecule has 1 aliphatic heterocycles. The summed E-state index contributed by atoms with van der Waals surface area (Å²) in [7, 11) is 0. The molecule has 0 radical (unpaired) electrons. The molecule has 0 amide bonds. The third-order valence-electron chi connectivity index (χ3n) is 4.86. The Morgan fingerprint density at radius 3 is 2.41 bits per heavy atom. The quantitative estimate of drug-likeness (QED) is 0.784. The predicted octanol–water partition coefficient (Wildman–Crippen LogP) is 1.49. The molecule has 1 atom stereocenters. The third-order valence-corrected chi connectivity index (χ3v) is 4.86. The van der Waals surface area contributed by atoms with Crippen molar-refractivity contribution in [2.45, 2.75) is 39.0 Å². The van der Waals surface area contributed by atoms with E-state index in [1.807, 2.05) is 0 Å². The van der Waals surface area contributed by atoms with E-state index in [0.717, 1.165) is 32.0 Å². The summed E-state index contributed by atoms with van der Waals surface area (Å²) in [6.07, 6.45) is 5.99. The largest absolute Gasteiger partial charge is 0.396 e. The van der Waals surface area contributed by atoms with Crippen molar-refractivity contribution < 1.29 is 10.2 Å². The molecule has 17 heavy (non-hydrogen) atoms. The summed E-state index contributed by atoms with van der Waals surface area (Å²) in [4.78, 5) is 2.45. The highest BCUT2D eigenvalue weighted by atomic mass is 16.3. The molecule has 2 fully saturated rings. The highest BCUT2D eigenvalue weighted by molar-refractivity contribution is 4.89. The minimum Gasteiger partial charge on any atom is -0.396 e. The van der Waals surface area contributed by atoms with Gasteiger partial charge in [-0.15, -0.1) is 0 Å². The van der Waals surface area contributed by atoms with Gasteiger partial charge < -0.3 is 15.1 Å². The number of likely N-dealkylation sites (tertiary alicyclic amines) is 1. The van der Waals surface area contributed by atoms with E-state index in [9.17, 15) is 5.11 Å². The van der Waals surface area contributed by atoms with E-state index >= 15 is 0 Å². The van der Waals surface area contributed by atoms with Gasteiger partial charge in [0.15, 0.2) is 0 Å². The monoisotopic (exact) mass is 241 g/mol. The number of hydrogen-bond donors (Lipinski definition) is 2. The van der Waals surface area contributed by atoms with Crippen molar-refractivity contribution in [3.05, 3.63) is 0 Å². The van der Waals surface area contributed by atoms with Crippen LogP contribution >= 0.6 is 0 Å². The van der Waals surface area contributed by atoms with Crippen LogP contribution < -0.4 is 0 Å². The van der Waals surface area contributed by atoms with E-state index in [1.54, 1.807) is 0 Å². The molecule has 0 aromatic carbocycles. The van der Waals surface area contributed by atoms with Gasteiger partial charge in [-0.25, -0.2) is 0 Å². The van der Waals surface area contributed by atoms with Crippen LogP contribution in [-0.2, 0) is 0 Å². The molecule has 1 saturated heterocycles. The SMILES string of the molecule is CC1CCC(CO)(CN2CCC(CO)C2)CC1. The Morgan fingerprint density at radius 1 is 1.18 bits per heavy atom.